The number of aryl methyl sites for hydroxylation is 2. The lowest BCUT2D eigenvalue weighted by Gasteiger charge is -2.11. The van der Waals surface area contributed by atoms with Crippen LogP contribution in [-0.2, 0) is 17.6 Å². The number of anilines is 1. The van der Waals surface area contributed by atoms with Gasteiger partial charge in [0.1, 0.15) is 16.2 Å². The van der Waals surface area contributed by atoms with Crippen molar-refractivity contribution in [2.75, 3.05) is 11.1 Å². The molecule has 1 aromatic carbocycles. The number of aromatic nitrogens is 2. The third-order valence-electron chi connectivity index (χ3n) is 4.26. The zero-order valence-corrected chi connectivity index (χ0v) is 16.9. The van der Waals surface area contributed by atoms with E-state index >= 15 is 0 Å². The van der Waals surface area contributed by atoms with Crippen LogP contribution >= 0.6 is 46.3 Å². The Bertz CT molecular complexity index is 990. The van der Waals surface area contributed by atoms with E-state index in [0.717, 1.165) is 28.1 Å². The molecule has 1 amide bonds. The predicted molar refractivity (Wildman–Crippen MR) is 110 cm³/mol. The van der Waals surface area contributed by atoms with Gasteiger partial charge in [0.05, 0.1) is 15.8 Å². The number of carbonyl (C=O) groups excluding carboxylic acids is 1. The zero-order valence-electron chi connectivity index (χ0n) is 13.7. The SMILES string of the molecule is O=C(CSc1ncnc2sc3c(c12)CCCC3)Nc1ccc(Cl)c(Cl)c1. The number of hydrogen-bond acceptors (Lipinski definition) is 5. The molecule has 134 valence electrons. The predicted octanol–water partition coefficient (Wildman–Crippen LogP) is 5.61. The van der Waals surface area contributed by atoms with Crippen LogP contribution in [0, 0.1) is 0 Å². The second-order valence-electron chi connectivity index (χ2n) is 6.04. The number of halogens is 2. The topological polar surface area (TPSA) is 54.9 Å². The van der Waals surface area contributed by atoms with Gasteiger partial charge in [0.25, 0.3) is 0 Å². The number of nitrogens with zero attached hydrogens (tertiary/aromatic N) is 2. The van der Waals surface area contributed by atoms with E-state index in [9.17, 15) is 4.79 Å². The summed E-state index contributed by atoms with van der Waals surface area (Å²) in [7, 11) is 0. The monoisotopic (exact) mass is 423 g/mol. The van der Waals surface area contributed by atoms with E-state index in [4.69, 9.17) is 23.2 Å². The van der Waals surface area contributed by atoms with Crippen molar-refractivity contribution in [3.05, 3.63) is 45.0 Å². The third kappa shape index (κ3) is 3.69. The summed E-state index contributed by atoms with van der Waals surface area (Å²) in [6.45, 7) is 0. The molecule has 0 unspecified atom stereocenters. The number of rotatable bonds is 4. The van der Waals surface area contributed by atoms with Gasteiger partial charge >= 0.3 is 0 Å². The van der Waals surface area contributed by atoms with Crippen LogP contribution in [0.25, 0.3) is 10.2 Å². The van der Waals surface area contributed by atoms with Crippen molar-refractivity contribution in [1.29, 1.82) is 0 Å². The minimum absolute atomic E-state index is 0.107. The molecule has 1 aliphatic rings. The van der Waals surface area contributed by atoms with Gasteiger partial charge in [-0.2, -0.15) is 0 Å². The number of benzene rings is 1. The summed E-state index contributed by atoms with van der Waals surface area (Å²) in [4.78, 5) is 23.6. The number of thiophene rings is 1. The van der Waals surface area contributed by atoms with Crippen molar-refractivity contribution >= 4 is 68.1 Å². The van der Waals surface area contributed by atoms with Crippen molar-refractivity contribution in [1.82, 2.24) is 9.97 Å². The highest BCUT2D eigenvalue weighted by Crippen LogP contribution is 2.39. The van der Waals surface area contributed by atoms with E-state index in [1.807, 2.05) is 0 Å². The third-order valence-corrected chi connectivity index (χ3v) is 7.19. The Hall–Kier alpha value is -1.34. The number of hydrogen-bond donors (Lipinski definition) is 1. The summed E-state index contributed by atoms with van der Waals surface area (Å²) in [5, 5.41) is 5.75. The maximum atomic E-state index is 12.3. The molecule has 0 spiro atoms. The normalized spacial score (nSPS) is 13.6. The first-order valence-electron chi connectivity index (χ1n) is 8.25. The summed E-state index contributed by atoms with van der Waals surface area (Å²) < 4.78 is 0. The molecule has 2 heterocycles. The Balaban J connectivity index is 1.50. The average molecular weight is 424 g/mol. The van der Waals surface area contributed by atoms with Gasteiger partial charge in [0.15, 0.2) is 0 Å². The minimum Gasteiger partial charge on any atom is -0.325 e. The molecule has 0 aliphatic heterocycles. The second-order valence-corrected chi connectivity index (χ2v) is 8.90. The highest BCUT2D eigenvalue weighted by Gasteiger charge is 2.20. The molecule has 4 nitrogen and oxygen atoms in total. The molecule has 2 aromatic heterocycles. The molecule has 1 N–H and O–H groups in total. The van der Waals surface area contributed by atoms with Crippen LogP contribution in [0.3, 0.4) is 0 Å². The Kier molecular flexibility index (Phi) is 5.36. The fraction of sp³-hybridized carbons (Fsp3) is 0.278. The highest BCUT2D eigenvalue weighted by molar-refractivity contribution is 8.00. The molecule has 4 rings (SSSR count). The summed E-state index contributed by atoms with van der Waals surface area (Å²) in [6, 6.07) is 5.04. The van der Waals surface area contributed by atoms with Crippen molar-refractivity contribution < 1.29 is 4.79 Å². The average Bonchev–Trinajstić information content (AvgIpc) is 3.02. The molecule has 1 aliphatic carbocycles. The molecular formula is C18H15Cl2N3OS2. The standard InChI is InChI=1S/C18H15Cl2N3OS2/c19-12-6-5-10(7-13(12)20)23-15(24)8-25-17-16-11-3-1-2-4-14(11)26-18(16)22-9-21-17/h5-7,9H,1-4,8H2,(H,23,24). The molecule has 26 heavy (non-hydrogen) atoms. The van der Waals surface area contributed by atoms with Crippen molar-refractivity contribution in [3.8, 4) is 0 Å². The number of thioether (sulfide) groups is 1. The van der Waals surface area contributed by atoms with Gasteiger partial charge in [-0.25, -0.2) is 9.97 Å². The van der Waals surface area contributed by atoms with E-state index in [-0.39, 0.29) is 11.7 Å². The van der Waals surface area contributed by atoms with Crippen LogP contribution in [0.2, 0.25) is 10.0 Å². The first-order chi connectivity index (χ1) is 12.6. The van der Waals surface area contributed by atoms with Gasteiger partial charge in [0, 0.05) is 16.0 Å². The first-order valence-corrected chi connectivity index (χ1v) is 10.8. The van der Waals surface area contributed by atoms with Gasteiger partial charge in [0.2, 0.25) is 5.91 Å². The van der Waals surface area contributed by atoms with E-state index in [0.29, 0.717) is 15.7 Å². The van der Waals surface area contributed by atoms with Gasteiger partial charge in [-0.3, -0.25) is 4.79 Å². The first kappa shape index (κ1) is 18.0. The van der Waals surface area contributed by atoms with Crippen LogP contribution in [0.1, 0.15) is 23.3 Å². The lowest BCUT2D eigenvalue weighted by atomic mass is 9.97. The lowest BCUT2D eigenvalue weighted by molar-refractivity contribution is -0.113. The Morgan fingerprint density at radius 2 is 2.04 bits per heavy atom. The second kappa shape index (κ2) is 7.72. The van der Waals surface area contributed by atoms with Crippen LogP contribution in [-0.4, -0.2) is 21.6 Å². The van der Waals surface area contributed by atoms with Crippen LogP contribution in [0.15, 0.2) is 29.6 Å². The number of carbonyl (C=O) groups is 1. The summed E-state index contributed by atoms with van der Waals surface area (Å²) >= 11 is 15.1. The van der Waals surface area contributed by atoms with E-state index in [1.165, 1.54) is 35.0 Å². The molecule has 0 radical (unpaired) electrons. The number of fused-ring (bicyclic) bond motifs is 3. The molecule has 3 aromatic rings. The zero-order chi connectivity index (χ0) is 18.1. The quantitative estimate of drug-likeness (QED) is 0.437. The van der Waals surface area contributed by atoms with Gasteiger partial charge < -0.3 is 5.32 Å². The molecule has 0 saturated carbocycles. The lowest BCUT2D eigenvalue weighted by Crippen LogP contribution is -2.14. The van der Waals surface area contributed by atoms with Gasteiger partial charge in [-0.05, 0) is 49.4 Å². The molecular weight excluding hydrogens is 409 g/mol. The van der Waals surface area contributed by atoms with E-state index in [2.05, 4.69) is 15.3 Å². The smallest absolute Gasteiger partial charge is 0.234 e. The summed E-state index contributed by atoms with van der Waals surface area (Å²) in [6.07, 6.45) is 6.23. The molecule has 0 atom stereocenters. The Labute approximate surface area is 169 Å². The van der Waals surface area contributed by atoms with Gasteiger partial charge in [-0.15, -0.1) is 11.3 Å². The molecule has 0 saturated heterocycles. The largest absolute Gasteiger partial charge is 0.325 e. The van der Waals surface area contributed by atoms with Crippen molar-refractivity contribution in [3.63, 3.8) is 0 Å². The molecule has 8 heteroatoms. The minimum atomic E-state index is -0.107. The Morgan fingerprint density at radius 3 is 2.88 bits per heavy atom. The summed E-state index contributed by atoms with van der Waals surface area (Å²) in [5.41, 5.74) is 2.01. The highest BCUT2D eigenvalue weighted by atomic mass is 35.5. The van der Waals surface area contributed by atoms with Crippen LogP contribution < -0.4 is 5.32 Å². The van der Waals surface area contributed by atoms with Crippen LogP contribution in [0.5, 0.6) is 0 Å². The van der Waals surface area contributed by atoms with Crippen molar-refractivity contribution in [2.24, 2.45) is 0 Å². The summed E-state index contributed by atoms with van der Waals surface area (Å²) in [5.74, 6) is 0.168. The fourth-order valence-electron chi connectivity index (χ4n) is 3.08. The van der Waals surface area contributed by atoms with E-state index in [1.54, 1.807) is 35.9 Å². The maximum absolute atomic E-state index is 12.3. The van der Waals surface area contributed by atoms with Crippen molar-refractivity contribution in [2.45, 2.75) is 30.7 Å². The van der Waals surface area contributed by atoms with Gasteiger partial charge in [-0.1, -0.05) is 35.0 Å². The van der Waals surface area contributed by atoms with E-state index < -0.39 is 0 Å². The molecule has 0 fully saturated rings. The fourth-order valence-corrected chi connectivity index (χ4v) is 5.49. The molecule has 0 bridgehead atoms. The number of amides is 1. The number of nitrogens with one attached hydrogen (secondary N) is 1. The maximum Gasteiger partial charge on any atom is 0.234 e. The van der Waals surface area contributed by atoms with Crippen LogP contribution in [0.4, 0.5) is 5.69 Å². The Morgan fingerprint density at radius 1 is 1.19 bits per heavy atom.